The van der Waals surface area contributed by atoms with E-state index < -0.39 is 5.60 Å². The molecule has 0 N–H and O–H groups in total. The van der Waals surface area contributed by atoms with E-state index in [-0.39, 0.29) is 0 Å². The lowest BCUT2D eigenvalue weighted by Gasteiger charge is -2.32. The number of rotatable bonds is 6. The molecule has 2 aromatic rings. The van der Waals surface area contributed by atoms with E-state index in [2.05, 4.69) is 44.2 Å². The van der Waals surface area contributed by atoms with Gasteiger partial charge in [0, 0.05) is 17.5 Å². The molecule has 28 heavy (non-hydrogen) atoms. The van der Waals surface area contributed by atoms with Crippen LogP contribution in [0.1, 0.15) is 45.2 Å². The summed E-state index contributed by atoms with van der Waals surface area (Å²) in [5.74, 6) is 2.64. The van der Waals surface area contributed by atoms with Gasteiger partial charge in [0.15, 0.2) is 0 Å². The maximum atomic E-state index is 6.42. The molecule has 2 nitrogen and oxygen atoms in total. The van der Waals surface area contributed by atoms with Crippen molar-refractivity contribution in [1.82, 2.24) is 0 Å². The van der Waals surface area contributed by atoms with E-state index in [1.807, 2.05) is 68.5 Å². The first-order chi connectivity index (χ1) is 13.5. The van der Waals surface area contributed by atoms with Crippen molar-refractivity contribution in [2.75, 3.05) is 0 Å². The van der Waals surface area contributed by atoms with Crippen LogP contribution in [0.25, 0.3) is 12.2 Å². The van der Waals surface area contributed by atoms with Gasteiger partial charge < -0.3 is 9.47 Å². The molecule has 0 bridgehead atoms. The van der Waals surface area contributed by atoms with E-state index in [1.165, 1.54) is 5.57 Å². The SMILES string of the molecule is CC=Cc1ccccc1OC1=C(C)CC(C)(Oc2ccccc2C=CC)C=C1. The van der Waals surface area contributed by atoms with E-state index in [4.69, 9.17) is 9.47 Å². The van der Waals surface area contributed by atoms with Crippen LogP contribution in [0.3, 0.4) is 0 Å². The van der Waals surface area contributed by atoms with E-state index in [0.29, 0.717) is 0 Å². The van der Waals surface area contributed by atoms with Gasteiger partial charge in [0.2, 0.25) is 0 Å². The summed E-state index contributed by atoms with van der Waals surface area (Å²) < 4.78 is 12.7. The third-order valence-electron chi connectivity index (χ3n) is 4.72. The summed E-state index contributed by atoms with van der Waals surface area (Å²) in [5, 5.41) is 0. The fraction of sp³-hybridized carbons (Fsp3) is 0.231. The molecular weight excluding hydrogens is 344 g/mol. The van der Waals surface area contributed by atoms with Gasteiger partial charge in [-0.15, -0.1) is 0 Å². The fourth-order valence-electron chi connectivity index (χ4n) is 3.41. The van der Waals surface area contributed by atoms with Gasteiger partial charge in [0.05, 0.1) is 0 Å². The van der Waals surface area contributed by atoms with Crippen molar-refractivity contribution in [2.45, 2.75) is 39.7 Å². The van der Waals surface area contributed by atoms with E-state index in [1.54, 1.807) is 0 Å². The predicted octanol–water partition coefficient (Wildman–Crippen LogP) is 7.20. The summed E-state index contributed by atoms with van der Waals surface area (Å²) in [7, 11) is 0. The van der Waals surface area contributed by atoms with Gasteiger partial charge in [0.25, 0.3) is 0 Å². The molecule has 0 heterocycles. The molecule has 2 aromatic carbocycles. The monoisotopic (exact) mass is 372 g/mol. The standard InChI is InChI=1S/C26H28O2/c1-5-11-21-13-7-9-15-24(21)27-23-17-18-26(4,19-20(23)3)28-25-16-10-8-14-22(25)12-6-2/h5-18H,19H2,1-4H3. The lowest BCUT2D eigenvalue weighted by atomic mass is 9.91. The predicted molar refractivity (Wildman–Crippen MR) is 118 cm³/mol. The van der Waals surface area contributed by atoms with Crippen LogP contribution in [0.5, 0.6) is 11.5 Å². The highest BCUT2D eigenvalue weighted by atomic mass is 16.5. The summed E-state index contributed by atoms with van der Waals surface area (Å²) in [4.78, 5) is 0. The second-order valence-electron chi connectivity index (χ2n) is 7.25. The van der Waals surface area contributed by atoms with Crippen LogP contribution in [0.4, 0.5) is 0 Å². The van der Waals surface area contributed by atoms with Crippen molar-refractivity contribution in [3.05, 3.63) is 95.3 Å². The Kier molecular flexibility index (Phi) is 6.20. The zero-order chi connectivity index (χ0) is 20.0. The molecule has 1 aliphatic rings. The Labute approximate surface area is 168 Å². The third kappa shape index (κ3) is 4.64. The highest BCUT2D eigenvalue weighted by Crippen LogP contribution is 2.34. The van der Waals surface area contributed by atoms with Crippen molar-refractivity contribution in [2.24, 2.45) is 0 Å². The third-order valence-corrected chi connectivity index (χ3v) is 4.72. The van der Waals surface area contributed by atoms with E-state index in [0.717, 1.165) is 34.8 Å². The topological polar surface area (TPSA) is 18.5 Å². The Morgan fingerprint density at radius 1 is 0.857 bits per heavy atom. The molecule has 3 rings (SSSR count). The zero-order valence-corrected chi connectivity index (χ0v) is 17.1. The lowest BCUT2D eigenvalue weighted by Crippen LogP contribution is -2.33. The normalized spacial score (nSPS) is 19.6. The van der Waals surface area contributed by atoms with Crippen LogP contribution >= 0.6 is 0 Å². The number of allylic oxidation sites excluding steroid dienone is 3. The minimum Gasteiger partial charge on any atom is -0.483 e. The Morgan fingerprint density at radius 3 is 2.04 bits per heavy atom. The molecule has 0 spiro atoms. The number of para-hydroxylation sites is 2. The fourth-order valence-corrected chi connectivity index (χ4v) is 3.41. The summed E-state index contributed by atoms with van der Waals surface area (Å²) in [6, 6.07) is 16.2. The van der Waals surface area contributed by atoms with Gasteiger partial charge in [-0.2, -0.15) is 0 Å². The summed E-state index contributed by atoms with van der Waals surface area (Å²) in [5.41, 5.74) is 2.92. The molecule has 0 aliphatic heterocycles. The van der Waals surface area contributed by atoms with Gasteiger partial charge in [-0.3, -0.25) is 0 Å². The molecule has 1 aliphatic carbocycles. The van der Waals surface area contributed by atoms with Crippen molar-refractivity contribution < 1.29 is 9.47 Å². The molecule has 0 amide bonds. The maximum Gasteiger partial charge on any atom is 0.134 e. The molecule has 0 saturated heterocycles. The van der Waals surface area contributed by atoms with Crippen LogP contribution in [0.2, 0.25) is 0 Å². The molecule has 2 heteroatoms. The maximum absolute atomic E-state index is 6.42. The first-order valence-corrected chi connectivity index (χ1v) is 9.74. The molecule has 1 unspecified atom stereocenters. The Balaban J connectivity index is 1.79. The molecule has 0 aromatic heterocycles. The van der Waals surface area contributed by atoms with Crippen LogP contribution < -0.4 is 9.47 Å². The lowest BCUT2D eigenvalue weighted by molar-refractivity contribution is 0.136. The van der Waals surface area contributed by atoms with E-state index >= 15 is 0 Å². The van der Waals surface area contributed by atoms with Gasteiger partial charge >= 0.3 is 0 Å². The first-order valence-electron chi connectivity index (χ1n) is 9.74. The van der Waals surface area contributed by atoms with Crippen LogP contribution in [0.15, 0.2) is 84.2 Å². The van der Waals surface area contributed by atoms with E-state index in [9.17, 15) is 0 Å². The molecule has 144 valence electrons. The minimum absolute atomic E-state index is 0.405. The number of hydrogen-bond acceptors (Lipinski definition) is 2. The van der Waals surface area contributed by atoms with Gasteiger partial charge in [-0.05, 0) is 57.6 Å². The minimum atomic E-state index is -0.405. The molecule has 0 saturated carbocycles. The Morgan fingerprint density at radius 2 is 1.43 bits per heavy atom. The molecule has 0 fully saturated rings. The number of ether oxygens (including phenoxy) is 2. The number of hydrogen-bond donors (Lipinski definition) is 0. The smallest absolute Gasteiger partial charge is 0.134 e. The first kappa shape index (κ1) is 19.8. The van der Waals surface area contributed by atoms with Crippen molar-refractivity contribution in [3.8, 4) is 11.5 Å². The second kappa shape index (κ2) is 8.79. The summed E-state index contributed by atoms with van der Waals surface area (Å²) >= 11 is 0. The van der Waals surface area contributed by atoms with Crippen LogP contribution in [0, 0.1) is 0 Å². The van der Waals surface area contributed by atoms with Crippen molar-refractivity contribution in [1.29, 1.82) is 0 Å². The summed E-state index contributed by atoms with van der Waals surface area (Å²) in [6.45, 7) is 8.25. The highest BCUT2D eigenvalue weighted by molar-refractivity contribution is 5.58. The molecular formula is C26H28O2. The summed E-state index contributed by atoms with van der Waals surface area (Å²) in [6.07, 6.45) is 13.1. The average molecular weight is 373 g/mol. The van der Waals surface area contributed by atoms with Gasteiger partial charge in [-0.1, -0.05) is 60.7 Å². The quantitative estimate of drug-likeness (QED) is 0.533. The van der Waals surface area contributed by atoms with Gasteiger partial charge in [-0.25, -0.2) is 0 Å². The van der Waals surface area contributed by atoms with Gasteiger partial charge in [0.1, 0.15) is 22.9 Å². The Hall–Kier alpha value is -3.00. The molecule has 1 atom stereocenters. The van der Waals surface area contributed by atoms with Crippen LogP contribution in [-0.4, -0.2) is 5.60 Å². The largest absolute Gasteiger partial charge is 0.483 e. The van der Waals surface area contributed by atoms with Crippen molar-refractivity contribution in [3.63, 3.8) is 0 Å². The second-order valence-corrected chi connectivity index (χ2v) is 7.25. The average Bonchev–Trinajstić information content (AvgIpc) is 2.67. The highest BCUT2D eigenvalue weighted by Gasteiger charge is 2.29. The number of benzene rings is 2. The Bertz CT molecular complexity index is 946. The van der Waals surface area contributed by atoms with Crippen molar-refractivity contribution >= 4 is 12.2 Å². The van der Waals surface area contributed by atoms with Crippen LogP contribution in [-0.2, 0) is 0 Å². The molecule has 0 radical (unpaired) electrons. The zero-order valence-electron chi connectivity index (χ0n) is 17.1.